The second-order valence-electron chi connectivity index (χ2n) is 3.65. The highest BCUT2D eigenvalue weighted by atomic mass is 79.9. The minimum atomic E-state index is -0.341. The van der Waals surface area contributed by atoms with Gasteiger partial charge in [-0.3, -0.25) is 4.79 Å². The van der Waals surface area contributed by atoms with Gasteiger partial charge in [0.2, 0.25) is 0 Å². The quantitative estimate of drug-likeness (QED) is 0.895. The van der Waals surface area contributed by atoms with Gasteiger partial charge in [0.25, 0.3) is 5.91 Å². The molecule has 1 atom stereocenters. The summed E-state index contributed by atoms with van der Waals surface area (Å²) in [5.74, 6) is 0.177. The Bertz CT molecular complexity index is 442. The minimum absolute atomic E-state index is 0.171. The molecule has 0 saturated heterocycles. The molecule has 1 aromatic rings. The number of carbonyl (C=O) groups excluding carboxylic acids is 1. The molecule has 1 unspecified atom stereocenters. The summed E-state index contributed by atoms with van der Waals surface area (Å²) in [6.07, 6.45) is 2.08. The lowest BCUT2D eigenvalue weighted by Gasteiger charge is -2.08. The molecule has 1 amide bonds. The standard InChI is InChI=1S/C10H8Br2N2OS/c11-6-3-8(16-9(6)12)10(15)14-7(4-13)5-1-2-5/h3,5,7H,1-2H2,(H,14,15). The van der Waals surface area contributed by atoms with Crippen molar-refractivity contribution in [3.63, 3.8) is 0 Å². The highest BCUT2D eigenvalue weighted by Crippen LogP contribution is 2.34. The van der Waals surface area contributed by atoms with Crippen LogP contribution >= 0.6 is 43.2 Å². The normalized spacial score (nSPS) is 16.6. The van der Waals surface area contributed by atoms with E-state index in [2.05, 4.69) is 43.2 Å². The van der Waals surface area contributed by atoms with Gasteiger partial charge in [-0.05, 0) is 56.7 Å². The number of hydrogen-bond donors (Lipinski definition) is 1. The Morgan fingerprint density at radius 2 is 2.31 bits per heavy atom. The summed E-state index contributed by atoms with van der Waals surface area (Å²) in [7, 11) is 0. The van der Waals surface area contributed by atoms with Gasteiger partial charge in [0.05, 0.1) is 14.7 Å². The lowest BCUT2D eigenvalue weighted by molar-refractivity contribution is 0.0946. The molecule has 1 aliphatic carbocycles. The Kier molecular flexibility index (Phi) is 3.67. The van der Waals surface area contributed by atoms with Crippen LogP contribution in [0.5, 0.6) is 0 Å². The van der Waals surface area contributed by atoms with E-state index in [1.165, 1.54) is 11.3 Å². The lowest BCUT2D eigenvalue weighted by atomic mass is 10.2. The summed E-state index contributed by atoms with van der Waals surface area (Å²) in [5.41, 5.74) is 0. The first kappa shape index (κ1) is 12.1. The van der Waals surface area contributed by atoms with Crippen LogP contribution in [-0.2, 0) is 0 Å². The maximum Gasteiger partial charge on any atom is 0.262 e. The molecule has 6 heteroatoms. The first-order valence-corrected chi connectivity index (χ1v) is 7.17. The molecule has 0 aliphatic heterocycles. The Labute approximate surface area is 114 Å². The van der Waals surface area contributed by atoms with E-state index in [-0.39, 0.29) is 11.9 Å². The van der Waals surface area contributed by atoms with Crippen LogP contribution in [0.1, 0.15) is 22.5 Å². The summed E-state index contributed by atoms with van der Waals surface area (Å²) in [5, 5.41) is 11.7. The number of hydrogen-bond acceptors (Lipinski definition) is 3. The monoisotopic (exact) mass is 362 g/mol. The maximum atomic E-state index is 11.8. The van der Waals surface area contributed by atoms with Gasteiger partial charge in [0, 0.05) is 4.47 Å². The van der Waals surface area contributed by atoms with E-state index in [0.29, 0.717) is 10.8 Å². The number of nitrogens with zero attached hydrogens (tertiary/aromatic N) is 1. The van der Waals surface area contributed by atoms with Crippen molar-refractivity contribution in [2.75, 3.05) is 0 Å². The fourth-order valence-electron chi connectivity index (χ4n) is 1.36. The van der Waals surface area contributed by atoms with Gasteiger partial charge in [0.15, 0.2) is 0 Å². The van der Waals surface area contributed by atoms with Crippen molar-refractivity contribution in [3.8, 4) is 6.07 Å². The molecule has 1 fully saturated rings. The van der Waals surface area contributed by atoms with Crippen LogP contribution in [0.2, 0.25) is 0 Å². The van der Waals surface area contributed by atoms with E-state index < -0.39 is 0 Å². The molecule has 0 spiro atoms. The number of amides is 1. The second kappa shape index (κ2) is 4.86. The molecule has 0 bridgehead atoms. The molecular weight excluding hydrogens is 356 g/mol. The second-order valence-corrected chi connectivity index (χ2v) is 6.87. The van der Waals surface area contributed by atoms with E-state index in [1.807, 2.05) is 0 Å². The van der Waals surface area contributed by atoms with E-state index in [9.17, 15) is 4.79 Å². The third-order valence-corrected chi connectivity index (χ3v) is 5.64. The van der Waals surface area contributed by atoms with Crippen molar-refractivity contribution in [2.45, 2.75) is 18.9 Å². The van der Waals surface area contributed by atoms with Gasteiger partial charge >= 0.3 is 0 Å². The van der Waals surface area contributed by atoms with Crippen molar-refractivity contribution >= 4 is 49.1 Å². The van der Waals surface area contributed by atoms with Crippen LogP contribution in [0.25, 0.3) is 0 Å². The van der Waals surface area contributed by atoms with Crippen LogP contribution in [-0.4, -0.2) is 11.9 Å². The molecule has 84 valence electrons. The van der Waals surface area contributed by atoms with Gasteiger partial charge < -0.3 is 5.32 Å². The summed E-state index contributed by atoms with van der Waals surface area (Å²) >= 11 is 8.02. The maximum absolute atomic E-state index is 11.8. The number of carbonyl (C=O) groups is 1. The van der Waals surface area contributed by atoms with Gasteiger partial charge in [-0.1, -0.05) is 0 Å². The number of rotatable bonds is 3. The summed E-state index contributed by atoms with van der Waals surface area (Å²) in [4.78, 5) is 12.4. The fourth-order valence-corrected chi connectivity index (χ4v) is 3.29. The molecule has 1 aliphatic rings. The van der Waals surface area contributed by atoms with Gasteiger partial charge in [-0.15, -0.1) is 11.3 Å². The van der Waals surface area contributed by atoms with Crippen LogP contribution < -0.4 is 5.32 Å². The van der Waals surface area contributed by atoms with E-state index in [1.54, 1.807) is 6.07 Å². The highest BCUT2D eigenvalue weighted by molar-refractivity contribution is 9.13. The first-order chi connectivity index (χ1) is 7.61. The number of nitrogens with one attached hydrogen (secondary N) is 1. The van der Waals surface area contributed by atoms with Crippen LogP contribution in [0.4, 0.5) is 0 Å². The highest BCUT2D eigenvalue weighted by Gasteiger charge is 2.32. The zero-order chi connectivity index (χ0) is 11.7. The predicted molar refractivity (Wildman–Crippen MR) is 69.3 cm³/mol. The van der Waals surface area contributed by atoms with E-state index in [0.717, 1.165) is 21.1 Å². The third kappa shape index (κ3) is 2.65. The molecule has 16 heavy (non-hydrogen) atoms. The molecular formula is C10H8Br2N2OS. The summed E-state index contributed by atoms with van der Waals surface area (Å²) in [6.45, 7) is 0. The van der Waals surface area contributed by atoms with Crippen molar-refractivity contribution in [1.29, 1.82) is 5.26 Å². The largest absolute Gasteiger partial charge is 0.335 e. The van der Waals surface area contributed by atoms with Gasteiger partial charge in [-0.2, -0.15) is 5.26 Å². The zero-order valence-electron chi connectivity index (χ0n) is 8.17. The topological polar surface area (TPSA) is 52.9 Å². The average Bonchev–Trinajstić information content (AvgIpc) is 3.03. The van der Waals surface area contributed by atoms with Crippen LogP contribution in [0.15, 0.2) is 14.3 Å². The minimum Gasteiger partial charge on any atom is -0.335 e. The van der Waals surface area contributed by atoms with Gasteiger partial charge in [0.1, 0.15) is 6.04 Å². The Hall–Kier alpha value is -0.380. The van der Waals surface area contributed by atoms with Crippen molar-refractivity contribution in [2.24, 2.45) is 5.92 Å². The van der Waals surface area contributed by atoms with Crippen molar-refractivity contribution in [3.05, 3.63) is 19.2 Å². The zero-order valence-corrected chi connectivity index (χ0v) is 12.2. The summed E-state index contributed by atoms with van der Waals surface area (Å²) < 4.78 is 1.75. The molecule has 0 radical (unpaired) electrons. The molecule has 1 N–H and O–H groups in total. The van der Waals surface area contributed by atoms with Crippen molar-refractivity contribution in [1.82, 2.24) is 5.32 Å². The SMILES string of the molecule is N#CC(NC(=O)c1cc(Br)c(Br)s1)C1CC1. The molecule has 1 heterocycles. The summed E-state index contributed by atoms with van der Waals surface area (Å²) in [6, 6.07) is 3.55. The molecule has 3 nitrogen and oxygen atoms in total. The van der Waals surface area contributed by atoms with Crippen LogP contribution in [0, 0.1) is 17.2 Å². The Balaban J connectivity index is 2.05. The van der Waals surface area contributed by atoms with E-state index >= 15 is 0 Å². The molecule has 1 aromatic heterocycles. The Morgan fingerprint density at radius 3 is 2.75 bits per heavy atom. The van der Waals surface area contributed by atoms with Gasteiger partial charge in [-0.25, -0.2) is 0 Å². The predicted octanol–water partition coefficient (Wildman–Crippen LogP) is 3.31. The molecule has 2 rings (SSSR count). The fraction of sp³-hybridized carbons (Fsp3) is 0.400. The molecule has 1 saturated carbocycles. The average molecular weight is 364 g/mol. The molecule has 0 aromatic carbocycles. The smallest absolute Gasteiger partial charge is 0.262 e. The van der Waals surface area contributed by atoms with Crippen molar-refractivity contribution < 1.29 is 4.79 Å². The van der Waals surface area contributed by atoms with Crippen LogP contribution in [0.3, 0.4) is 0 Å². The number of halogens is 2. The first-order valence-electron chi connectivity index (χ1n) is 4.77. The van der Waals surface area contributed by atoms with E-state index in [4.69, 9.17) is 5.26 Å². The number of nitriles is 1. The Morgan fingerprint density at radius 1 is 1.62 bits per heavy atom. The number of thiophene rings is 1. The lowest BCUT2D eigenvalue weighted by Crippen LogP contribution is -2.34. The third-order valence-electron chi connectivity index (χ3n) is 2.39.